The average molecular weight is 344 g/mol. The van der Waals surface area contributed by atoms with E-state index in [0.717, 1.165) is 15.4 Å². The van der Waals surface area contributed by atoms with Crippen LogP contribution in [0.25, 0.3) is 0 Å². The minimum Gasteiger partial charge on any atom is -0.338 e. The number of hydrogen-bond donors (Lipinski definition) is 2. The lowest BCUT2D eigenvalue weighted by molar-refractivity contribution is 0.240. The summed E-state index contributed by atoms with van der Waals surface area (Å²) < 4.78 is 0. The van der Waals surface area contributed by atoms with Gasteiger partial charge in [0.25, 0.3) is 0 Å². The van der Waals surface area contributed by atoms with E-state index in [1.165, 1.54) is 0 Å². The van der Waals surface area contributed by atoms with Crippen molar-refractivity contribution in [3.8, 4) is 0 Å². The SMILES string of the molecule is Cc1ncc(CNC(=O)NCCc2c(Cl)cccc2Cl)s1. The zero-order valence-electron chi connectivity index (χ0n) is 11.5. The second-order valence-corrected chi connectivity index (χ2v) is 6.54. The highest BCUT2D eigenvalue weighted by atomic mass is 35.5. The van der Waals surface area contributed by atoms with Crippen molar-refractivity contribution in [1.29, 1.82) is 0 Å². The number of aromatic nitrogens is 1. The van der Waals surface area contributed by atoms with E-state index in [0.29, 0.717) is 29.6 Å². The predicted octanol–water partition coefficient (Wildman–Crippen LogP) is 3.80. The van der Waals surface area contributed by atoms with E-state index in [1.807, 2.05) is 6.92 Å². The molecule has 0 saturated heterocycles. The summed E-state index contributed by atoms with van der Waals surface area (Å²) in [6, 6.07) is 5.15. The van der Waals surface area contributed by atoms with Crippen LogP contribution in [-0.2, 0) is 13.0 Å². The van der Waals surface area contributed by atoms with Crippen LogP contribution in [0.3, 0.4) is 0 Å². The van der Waals surface area contributed by atoms with E-state index in [-0.39, 0.29) is 6.03 Å². The van der Waals surface area contributed by atoms with Gasteiger partial charge in [-0.2, -0.15) is 0 Å². The Morgan fingerprint density at radius 2 is 2.00 bits per heavy atom. The van der Waals surface area contributed by atoms with Gasteiger partial charge in [0, 0.05) is 27.7 Å². The number of benzene rings is 1. The van der Waals surface area contributed by atoms with Gasteiger partial charge in [-0.3, -0.25) is 0 Å². The molecule has 4 nitrogen and oxygen atoms in total. The fourth-order valence-corrected chi connectivity index (χ4v) is 3.11. The molecule has 1 aromatic carbocycles. The summed E-state index contributed by atoms with van der Waals surface area (Å²) in [7, 11) is 0. The van der Waals surface area contributed by atoms with Crippen LogP contribution in [0.1, 0.15) is 15.4 Å². The van der Waals surface area contributed by atoms with Crippen molar-refractivity contribution in [3.05, 3.63) is 49.9 Å². The predicted molar refractivity (Wildman–Crippen MR) is 87.3 cm³/mol. The summed E-state index contributed by atoms with van der Waals surface area (Å²) in [4.78, 5) is 16.8. The van der Waals surface area contributed by atoms with Gasteiger partial charge in [-0.05, 0) is 31.0 Å². The molecule has 0 fully saturated rings. The van der Waals surface area contributed by atoms with Crippen molar-refractivity contribution in [2.24, 2.45) is 0 Å². The number of aryl methyl sites for hydroxylation is 1. The standard InChI is InChI=1S/C14H15Cl2N3OS/c1-9-18-7-10(21-9)8-19-14(20)17-6-5-11-12(15)3-2-4-13(11)16/h2-4,7H,5-6,8H2,1H3,(H2,17,19,20). The first-order valence-corrected chi connectivity index (χ1v) is 7.99. The summed E-state index contributed by atoms with van der Waals surface area (Å²) >= 11 is 13.7. The molecule has 0 bridgehead atoms. The number of carbonyl (C=O) groups excluding carboxylic acids is 1. The molecule has 2 amide bonds. The van der Waals surface area contributed by atoms with Crippen LogP contribution in [0.4, 0.5) is 4.79 Å². The molecular formula is C14H15Cl2N3OS. The van der Waals surface area contributed by atoms with E-state index in [1.54, 1.807) is 35.7 Å². The molecule has 0 atom stereocenters. The van der Waals surface area contributed by atoms with Crippen molar-refractivity contribution in [1.82, 2.24) is 15.6 Å². The number of hydrogen-bond acceptors (Lipinski definition) is 3. The van der Waals surface area contributed by atoms with Gasteiger partial charge in [0.15, 0.2) is 0 Å². The summed E-state index contributed by atoms with van der Waals surface area (Å²) in [6.07, 6.45) is 2.36. The largest absolute Gasteiger partial charge is 0.338 e. The van der Waals surface area contributed by atoms with Crippen LogP contribution in [-0.4, -0.2) is 17.6 Å². The Bertz CT molecular complexity index is 610. The third kappa shape index (κ3) is 4.88. The first-order valence-electron chi connectivity index (χ1n) is 6.42. The Hall–Kier alpha value is -1.30. The lowest BCUT2D eigenvalue weighted by Crippen LogP contribution is -2.36. The van der Waals surface area contributed by atoms with E-state index in [2.05, 4.69) is 15.6 Å². The molecule has 2 aromatic rings. The van der Waals surface area contributed by atoms with E-state index in [9.17, 15) is 4.79 Å². The summed E-state index contributed by atoms with van der Waals surface area (Å²) in [6.45, 7) is 2.88. The van der Waals surface area contributed by atoms with E-state index < -0.39 is 0 Å². The molecule has 0 aliphatic carbocycles. The van der Waals surface area contributed by atoms with Crippen LogP contribution >= 0.6 is 34.5 Å². The number of nitrogens with one attached hydrogen (secondary N) is 2. The lowest BCUT2D eigenvalue weighted by Gasteiger charge is -2.09. The number of amides is 2. The van der Waals surface area contributed by atoms with Gasteiger partial charge in [-0.1, -0.05) is 29.3 Å². The highest BCUT2D eigenvalue weighted by Crippen LogP contribution is 2.24. The topological polar surface area (TPSA) is 54.0 Å². The zero-order valence-corrected chi connectivity index (χ0v) is 13.8. The van der Waals surface area contributed by atoms with Crippen LogP contribution in [0.2, 0.25) is 10.0 Å². The highest BCUT2D eigenvalue weighted by Gasteiger charge is 2.06. The van der Waals surface area contributed by atoms with Gasteiger partial charge >= 0.3 is 6.03 Å². The molecule has 7 heteroatoms. The molecule has 0 aliphatic heterocycles. The maximum Gasteiger partial charge on any atom is 0.315 e. The third-order valence-electron chi connectivity index (χ3n) is 2.81. The maximum absolute atomic E-state index is 11.7. The van der Waals surface area contributed by atoms with E-state index >= 15 is 0 Å². The molecule has 1 aromatic heterocycles. The third-order valence-corrected chi connectivity index (χ3v) is 4.44. The van der Waals surface area contributed by atoms with Crippen LogP contribution in [0.5, 0.6) is 0 Å². The number of rotatable bonds is 5. The zero-order chi connectivity index (χ0) is 15.2. The number of urea groups is 1. The van der Waals surface area contributed by atoms with Gasteiger partial charge in [0.1, 0.15) is 0 Å². The molecule has 0 aliphatic rings. The molecule has 21 heavy (non-hydrogen) atoms. The van der Waals surface area contributed by atoms with Crippen LogP contribution < -0.4 is 10.6 Å². The first kappa shape index (κ1) is 16.1. The first-order chi connectivity index (χ1) is 10.1. The van der Waals surface area contributed by atoms with Gasteiger partial charge in [0.2, 0.25) is 0 Å². The minimum atomic E-state index is -0.218. The average Bonchev–Trinajstić information content (AvgIpc) is 2.85. The minimum absolute atomic E-state index is 0.218. The molecular weight excluding hydrogens is 329 g/mol. The summed E-state index contributed by atoms with van der Waals surface area (Å²) in [5.41, 5.74) is 0.846. The quantitative estimate of drug-likeness (QED) is 0.867. The highest BCUT2D eigenvalue weighted by molar-refractivity contribution is 7.11. The Balaban J connectivity index is 1.74. The number of carbonyl (C=O) groups is 1. The smallest absolute Gasteiger partial charge is 0.315 e. The second kappa shape index (κ2) is 7.64. The number of nitrogens with zero attached hydrogens (tertiary/aromatic N) is 1. The number of thiazole rings is 1. The fraction of sp³-hybridized carbons (Fsp3) is 0.286. The summed E-state index contributed by atoms with van der Waals surface area (Å²) in [5, 5.41) is 7.78. The van der Waals surface area contributed by atoms with Crippen molar-refractivity contribution < 1.29 is 4.79 Å². The fourth-order valence-electron chi connectivity index (χ4n) is 1.79. The Morgan fingerprint density at radius 1 is 1.29 bits per heavy atom. The van der Waals surface area contributed by atoms with Crippen molar-refractivity contribution in [3.63, 3.8) is 0 Å². The normalized spacial score (nSPS) is 10.4. The van der Waals surface area contributed by atoms with Crippen molar-refractivity contribution >= 4 is 40.6 Å². The Kier molecular flexibility index (Phi) is 5.85. The molecule has 0 spiro atoms. The molecule has 2 N–H and O–H groups in total. The molecule has 0 radical (unpaired) electrons. The van der Waals surface area contributed by atoms with Gasteiger partial charge < -0.3 is 10.6 Å². The van der Waals surface area contributed by atoms with Gasteiger partial charge in [-0.15, -0.1) is 11.3 Å². The van der Waals surface area contributed by atoms with Gasteiger partial charge in [0.05, 0.1) is 11.6 Å². The molecule has 0 saturated carbocycles. The molecule has 112 valence electrons. The maximum atomic E-state index is 11.7. The second-order valence-electron chi connectivity index (χ2n) is 4.41. The Morgan fingerprint density at radius 3 is 2.62 bits per heavy atom. The van der Waals surface area contributed by atoms with Crippen LogP contribution in [0, 0.1) is 6.92 Å². The Labute approximate surface area is 137 Å². The van der Waals surface area contributed by atoms with Crippen molar-refractivity contribution in [2.75, 3.05) is 6.54 Å². The van der Waals surface area contributed by atoms with Crippen LogP contribution in [0.15, 0.2) is 24.4 Å². The van der Waals surface area contributed by atoms with Crippen molar-refractivity contribution in [2.45, 2.75) is 19.9 Å². The summed E-state index contributed by atoms with van der Waals surface area (Å²) in [5.74, 6) is 0. The van der Waals surface area contributed by atoms with Gasteiger partial charge in [-0.25, -0.2) is 9.78 Å². The lowest BCUT2D eigenvalue weighted by atomic mass is 10.1. The number of halogens is 2. The molecule has 1 heterocycles. The molecule has 2 rings (SSSR count). The monoisotopic (exact) mass is 343 g/mol. The molecule has 0 unspecified atom stereocenters. The van der Waals surface area contributed by atoms with E-state index in [4.69, 9.17) is 23.2 Å².